The van der Waals surface area contributed by atoms with Gasteiger partial charge in [-0.3, -0.25) is 4.79 Å². The Bertz CT molecular complexity index is 606. The van der Waals surface area contributed by atoms with Gasteiger partial charge in [-0.2, -0.15) is 0 Å². The highest BCUT2D eigenvalue weighted by Crippen LogP contribution is 2.20. The minimum atomic E-state index is 0.00396. The fourth-order valence-electron chi connectivity index (χ4n) is 1.84. The van der Waals surface area contributed by atoms with E-state index in [0.717, 1.165) is 16.9 Å². The third-order valence-electron chi connectivity index (χ3n) is 2.91. The number of nitrogens with one attached hydrogen (secondary N) is 2. The zero-order chi connectivity index (χ0) is 15.2. The lowest BCUT2D eigenvalue weighted by atomic mass is 10.2. The molecular weight excluding hydrogens is 307 g/mol. The first-order valence-corrected chi connectivity index (χ1v) is 7.41. The molecule has 2 aromatic rings. The number of anilines is 2. The fraction of sp³-hybridized carbons (Fsp3) is 0.188. The summed E-state index contributed by atoms with van der Waals surface area (Å²) in [6.07, 6.45) is 0.468. The van der Waals surface area contributed by atoms with E-state index in [2.05, 4.69) is 10.6 Å². The van der Waals surface area contributed by atoms with Gasteiger partial charge in [0.1, 0.15) is 0 Å². The largest absolute Gasteiger partial charge is 0.381 e. The SMILES string of the molecule is CCC(=O)Nc1ccc(NCc2cc(Cl)cc(Cl)c2)cc1. The topological polar surface area (TPSA) is 41.1 Å². The first kappa shape index (κ1) is 15.7. The highest BCUT2D eigenvalue weighted by Gasteiger charge is 2.01. The van der Waals surface area contributed by atoms with Gasteiger partial charge in [-0.1, -0.05) is 30.1 Å². The molecule has 0 aliphatic heterocycles. The summed E-state index contributed by atoms with van der Waals surface area (Å²) in [5.41, 5.74) is 2.76. The molecular formula is C16H16Cl2N2O. The highest BCUT2D eigenvalue weighted by molar-refractivity contribution is 6.34. The summed E-state index contributed by atoms with van der Waals surface area (Å²) < 4.78 is 0. The molecule has 3 nitrogen and oxygen atoms in total. The zero-order valence-corrected chi connectivity index (χ0v) is 13.1. The van der Waals surface area contributed by atoms with Gasteiger partial charge < -0.3 is 10.6 Å². The number of hydrogen-bond donors (Lipinski definition) is 2. The minimum absolute atomic E-state index is 0.00396. The molecule has 0 aromatic heterocycles. The third kappa shape index (κ3) is 4.96. The number of carbonyl (C=O) groups excluding carboxylic acids is 1. The van der Waals surface area contributed by atoms with Crippen molar-refractivity contribution in [3.05, 3.63) is 58.1 Å². The van der Waals surface area contributed by atoms with Crippen molar-refractivity contribution in [1.29, 1.82) is 0 Å². The molecule has 0 fully saturated rings. The molecule has 2 rings (SSSR count). The predicted octanol–water partition coefficient (Wildman–Crippen LogP) is 4.95. The lowest BCUT2D eigenvalue weighted by molar-refractivity contribution is -0.115. The van der Waals surface area contributed by atoms with E-state index in [9.17, 15) is 4.79 Å². The second-order valence-corrected chi connectivity index (χ2v) is 5.48. The Hall–Kier alpha value is -1.71. The summed E-state index contributed by atoms with van der Waals surface area (Å²) in [6, 6.07) is 13.0. The Labute approximate surface area is 134 Å². The van der Waals surface area contributed by atoms with Crippen LogP contribution in [0.1, 0.15) is 18.9 Å². The summed E-state index contributed by atoms with van der Waals surface area (Å²) in [5, 5.41) is 7.33. The Morgan fingerprint density at radius 2 is 1.57 bits per heavy atom. The van der Waals surface area contributed by atoms with Gasteiger partial charge in [-0.15, -0.1) is 0 Å². The van der Waals surface area contributed by atoms with Crippen LogP contribution in [-0.4, -0.2) is 5.91 Å². The van der Waals surface area contributed by atoms with Gasteiger partial charge in [0.05, 0.1) is 0 Å². The number of hydrogen-bond acceptors (Lipinski definition) is 2. The maximum Gasteiger partial charge on any atom is 0.224 e. The Morgan fingerprint density at radius 3 is 2.14 bits per heavy atom. The van der Waals surface area contributed by atoms with Crippen LogP contribution < -0.4 is 10.6 Å². The van der Waals surface area contributed by atoms with Crippen LogP contribution in [-0.2, 0) is 11.3 Å². The van der Waals surface area contributed by atoms with Crippen LogP contribution in [0.25, 0.3) is 0 Å². The van der Waals surface area contributed by atoms with Crippen LogP contribution in [0.4, 0.5) is 11.4 Å². The monoisotopic (exact) mass is 322 g/mol. The quantitative estimate of drug-likeness (QED) is 0.817. The molecule has 2 N–H and O–H groups in total. The van der Waals surface area contributed by atoms with Gasteiger partial charge in [0.15, 0.2) is 0 Å². The number of carbonyl (C=O) groups is 1. The maximum absolute atomic E-state index is 11.3. The smallest absolute Gasteiger partial charge is 0.224 e. The minimum Gasteiger partial charge on any atom is -0.381 e. The van der Waals surface area contributed by atoms with Crippen molar-refractivity contribution in [3.8, 4) is 0 Å². The van der Waals surface area contributed by atoms with Crippen molar-refractivity contribution < 1.29 is 4.79 Å². The normalized spacial score (nSPS) is 10.2. The molecule has 0 atom stereocenters. The van der Waals surface area contributed by atoms with E-state index in [-0.39, 0.29) is 5.91 Å². The molecule has 21 heavy (non-hydrogen) atoms. The molecule has 5 heteroatoms. The van der Waals surface area contributed by atoms with E-state index in [1.807, 2.05) is 43.3 Å². The summed E-state index contributed by atoms with van der Waals surface area (Å²) in [4.78, 5) is 11.3. The second-order valence-electron chi connectivity index (χ2n) is 4.61. The van der Waals surface area contributed by atoms with Crippen LogP contribution >= 0.6 is 23.2 Å². The number of rotatable bonds is 5. The van der Waals surface area contributed by atoms with E-state index in [1.54, 1.807) is 6.07 Å². The van der Waals surface area contributed by atoms with Gasteiger partial charge in [-0.05, 0) is 48.0 Å². The lowest BCUT2D eigenvalue weighted by Gasteiger charge is -2.09. The van der Waals surface area contributed by atoms with Crippen molar-refractivity contribution in [2.24, 2.45) is 0 Å². The molecule has 1 amide bonds. The Morgan fingerprint density at radius 1 is 1.00 bits per heavy atom. The fourth-order valence-corrected chi connectivity index (χ4v) is 2.41. The summed E-state index contributed by atoms with van der Waals surface area (Å²) >= 11 is 11.9. The van der Waals surface area contributed by atoms with Gasteiger partial charge in [0.25, 0.3) is 0 Å². The third-order valence-corrected chi connectivity index (χ3v) is 3.35. The molecule has 0 aliphatic rings. The van der Waals surface area contributed by atoms with Crippen LogP contribution in [0.3, 0.4) is 0 Å². The van der Waals surface area contributed by atoms with Crippen LogP contribution in [0.5, 0.6) is 0 Å². The van der Waals surface area contributed by atoms with Crippen LogP contribution in [0.15, 0.2) is 42.5 Å². The average molecular weight is 323 g/mol. The van der Waals surface area contributed by atoms with Gasteiger partial charge in [0.2, 0.25) is 5.91 Å². The molecule has 0 radical (unpaired) electrons. The van der Waals surface area contributed by atoms with E-state index < -0.39 is 0 Å². The van der Waals surface area contributed by atoms with Gasteiger partial charge in [0, 0.05) is 34.4 Å². The van der Waals surface area contributed by atoms with E-state index in [1.165, 1.54) is 0 Å². The summed E-state index contributed by atoms with van der Waals surface area (Å²) in [5.74, 6) is 0.00396. The predicted molar refractivity (Wildman–Crippen MR) is 89.2 cm³/mol. The van der Waals surface area contributed by atoms with Crippen LogP contribution in [0, 0.1) is 0 Å². The molecule has 0 saturated carbocycles. The Kier molecular flexibility index (Phi) is 5.48. The molecule has 110 valence electrons. The van der Waals surface area contributed by atoms with E-state index in [4.69, 9.17) is 23.2 Å². The zero-order valence-electron chi connectivity index (χ0n) is 11.6. The lowest BCUT2D eigenvalue weighted by Crippen LogP contribution is -2.09. The standard InChI is InChI=1S/C16H16Cl2N2O/c1-2-16(21)20-15-5-3-14(4-6-15)19-10-11-7-12(17)9-13(18)8-11/h3-9,19H,2,10H2,1H3,(H,20,21). The van der Waals surface area contributed by atoms with Crippen molar-refractivity contribution in [2.75, 3.05) is 10.6 Å². The molecule has 0 saturated heterocycles. The number of amides is 1. The second kappa shape index (κ2) is 7.34. The van der Waals surface area contributed by atoms with E-state index in [0.29, 0.717) is 23.0 Å². The molecule has 0 bridgehead atoms. The van der Waals surface area contributed by atoms with Gasteiger partial charge >= 0.3 is 0 Å². The first-order chi connectivity index (χ1) is 10.1. The Balaban J connectivity index is 1.95. The number of benzene rings is 2. The number of halogens is 2. The van der Waals surface area contributed by atoms with Crippen molar-refractivity contribution in [1.82, 2.24) is 0 Å². The van der Waals surface area contributed by atoms with Crippen molar-refractivity contribution in [3.63, 3.8) is 0 Å². The van der Waals surface area contributed by atoms with Crippen LogP contribution in [0.2, 0.25) is 10.0 Å². The van der Waals surface area contributed by atoms with Crippen molar-refractivity contribution in [2.45, 2.75) is 19.9 Å². The highest BCUT2D eigenvalue weighted by atomic mass is 35.5. The summed E-state index contributed by atoms with van der Waals surface area (Å²) in [6.45, 7) is 2.45. The van der Waals surface area contributed by atoms with E-state index >= 15 is 0 Å². The first-order valence-electron chi connectivity index (χ1n) is 6.65. The van der Waals surface area contributed by atoms with Gasteiger partial charge in [-0.25, -0.2) is 0 Å². The average Bonchev–Trinajstić information content (AvgIpc) is 2.45. The summed E-state index contributed by atoms with van der Waals surface area (Å²) in [7, 11) is 0. The maximum atomic E-state index is 11.3. The molecule has 0 heterocycles. The molecule has 2 aromatic carbocycles. The molecule has 0 unspecified atom stereocenters. The molecule has 0 spiro atoms. The molecule has 0 aliphatic carbocycles. The van der Waals surface area contributed by atoms with Crippen molar-refractivity contribution >= 4 is 40.5 Å².